The molecule has 3 nitrogen and oxygen atoms in total. The van der Waals surface area contributed by atoms with E-state index < -0.39 is 0 Å². The molecule has 1 aromatic carbocycles. The van der Waals surface area contributed by atoms with Crippen LogP contribution in [0.1, 0.15) is 26.2 Å². The predicted octanol–water partition coefficient (Wildman–Crippen LogP) is 3.18. The molecule has 2 aromatic rings. The van der Waals surface area contributed by atoms with Crippen LogP contribution in [0.2, 0.25) is 0 Å². The molecular weight excluding hydrogens is 234 g/mol. The van der Waals surface area contributed by atoms with Gasteiger partial charge in [-0.1, -0.05) is 12.1 Å². The summed E-state index contributed by atoms with van der Waals surface area (Å²) in [7, 11) is 0. The van der Waals surface area contributed by atoms with Crippen LogP contribution in [0.15, 0.2) is 36.7 Å². The van der Waals surface area contributed by atoms with E-state index in [1.165, 1.54) is 42.3 Å². The molecule has 0 amide bonds. The average Bonchev–Trinajstić information content (AvgIpc) is 2.92. The molecule has 0 bridgehead atoms. The Kier molecular flexibility index (Phi) is 3.65. The summed E-state index contributed by atoms with van der Waals surface area (Å²) in [5, 5.41) is 9.64. The molecule has 3 rings (SSSR count). The molecule has 0 aliphatic carbocycles. The quantitative estimate of drug-likeness (QED) is 0.881. The van der Waals surface area contributed by atoms with Gasteiger partial charge in [0.1, 0.15) is 0 Å². The Morgan fingerprint density at radius 3 is 3.21 bits per heavy atom. The van der Waals surface area contributed by atoms with Gasteiger partial charge in [-0.05, 0) is 50.2 Å². The van der Waals surface area contributed by atoms with Crippen LogP contribution in [0.25, 0.3) is 10.8 Å². The molecule has 19 heavy (non-hydrogen) atoms. The first kappa shape index (κ1) is 12.4. The highest BCUT2D eigenvalue weighted by atomic mass is 15.0. The van der Waals surface area contributed by atoms with E-state index >= 15 is 0 Å². The number of rotatable bonds is 4. The summed E-state index contributed by atoms with van der Waals surface area (Å²) in [6, 6.07) is 9.58. The number of anilines is 1. The summed E-state index contributed by atoms with van der Waals surface area (Å²) in [5.74, 6) is 0. The second kappa shape index (κ2) is 5.57. The van der Waals surface area contributed by atoms with Crippen molar-refractivity contribution in [3.05, 3.63) is 36.7 Å². The third kappa shape index (κ3) is 2.87. The summed E-state index contributed by atoms with van der Waals surface area (Å²) in [6.07, 6.45) is 7.59. The molecule has 1 aromatic heterocycles. The third-order valence-electron chi connectivity index (χ3n) is 3.89. The van der Waals surface area contributed by atoms with E-state index in [2.05, 4.69) is 46.8 Å². The van der Waals surface area contributed by atoms with Gasteiger partial charge in [-0.3, -0.25) is 4.98 Å². The minimum Gasteiger partial charge on any atom is -0.382 e. The molecule has 2 atom stereocenters. The maximum Gasteiger partial charge on any atom is 0.0437 e. The number of nitrogens with one attached hydrogen (secondary N) is 2. The lowest BCUT2D eigenvalue weighted by Crippen LogP contribution is -2.29. The van der Waals surface area contributed by atoms with Gasteiger partial charge in [-0.15, -0.1) is 0 Å². The number of fused-ring (bicyclic) bond motifs is 1. The minimum absolute atomic E-state index is 0.474. The van der Waals surface area contributed by atoms with Crippen molar-refractivity contribution in [3.63, 3.8) is 0 Å². The van der Waals surface area contributed by atoms with E-state index in [0.29, 0.717) is 12.1 Å². The molecule has 2 heterocycles. The zero-order valence-corrected chi connectivity index (χ0v) is 11.4. The van der Waals surface area contributed by atoms with E-state index in [0.717, 1.165) is 0 Å². The van der Waals surface area contributed by atoms with E-state index in [1.807, 2.05) is 12.4 Å². The lowest BCUT2D eigenvalue weighted by Gasteiger charge is -2.20. The van der Waals surface area contributed by atoms with E-state index in [9.17, 15) is 0 Å². The van der Waals surface area contributed by atoms with Gasteiger partial charge in [0.25, 0.3) is 0 Å². The molecular formula is C16H21N3. The molecule has 1 saturated heterocycles. The summed E-state index contributed by atoms with van der Waals surface area (Å²) in [6.45, 7) is 3.44. The first-order valence-corrected chi connectivity index (χ1v) is 7.15. The molecule has 100 valence electrons. The van der Waals surface area contributed by atoms with Gasteiger partial charge in [0, 0.05) is 35.6 Å². The predicted molar refractivity (Wildman–Crippen MR) is 80.5 cm³/mol. The number of pyridine rings is 1. The summed E-state index contributed by atoms with van der Waals surface area (Å²) >= 11 is 0. The maximum atomic E-state index is 4.23. The lowest BCUT2D eigenvalue weighted by molar-refractivity contribution is 0.523. The Hall–Kier alpha value is -1.61. The highest BCUT2D eigenvalue weighted by molar-refractivity contribution is 5.93. The first-order valence-electron chi connectivity index (χ1n) is 7.15. The van der Waals surface area contributed by atoms with Gasteiger partial charge >= 0.3 is 0 Å². The summed E-state index contributed by atoms with van der Waals surface area (Å²) in [5.41, 5.74) is 1.19. The fourth-order valence-corrected chi connectivity index (χ4v) is 2.95. The standard InChI is InChI=1S/C16H21N3/c1-12(10-14-5-3-8-18-14)19-16-6-2-4-13-7-9-17-11-15(13)16/h2,4,6-7,9,11-12,14,18-19H,3,5,8,10H2,1H3. The number of hydrogen-bond acceptors (Lipinski definition) is 3. The Balaban J connectivity index is 1.73. The number of hydrogen-bond donors (Lipinski definition) is 2. The largest absolute Gasteiger partial charge is 0.382 e. The molecule has 1 fully saturated rings. The van der Waals surface area contributed by atoms with Crippen LogP contribution in [0.5, 0.6) is 0 Å². The minimum atomic E-state index is 0.474. The fourth-order valence-electron chi connectivity index (χ4n) is 2.95. The Bertz CT molecular complexity index is 541. The SMILES string of the molecule is CC(CC1CCCN1)Nc1cccc2ccncc12. The fraction of sp³-hybridized carbons (Fsp3) is 0.438. The molecule has 0 saturated carbocycles. The van der Waals surface area contributed by atoms with Gasteiger partial charge < -0.3 is 10.6 Å². The van der Waals surface area contributed by atoms with Gasteiger partial charge in [0.05, 0.1) is 0 Å². The average molecular weight is 255 g/mol. The van der Waals surface area contributed by atoms with Crippen LogP contribution >= 0.6 is 0 Å². The maximum absolute atomic E-state index is 4.23. The highest BCUT2D eigenvalue weighted by Crippen LogP contribution is 2.23. The Morgan fingerprint density at radius 2 is 2.37 bits per heavy atom. The normalized spacial score (nSPS) is 20.6. The van der Waals surface area contributed by atoms with Crippen molar-refractivity contribution in [1.82, 2.24) is 10.3 Å². The molecule has 1 aliphatic heterocycles. The monoisotopic (exact) mass is 255 g/mol. The van der Waals surface area contributed by atoms with Crippen molar-refractivity contribution in [2.75, 3.05) is 11.9 Å². The van der Waals surface area contributed by atoms with Crippen LogP contribution in [0.3, 0.4) is 0 Å². The Labute approximate surface area is 114 Å². The molecule has 0 radical (unpaired) electrons. The first-order chi connectivity index (χ1) is 9.33. The van der Waals surface area contributed by atoms with Gasteiger partial charge in [-0.25, -0.2) is 0 Å². The van der Waals surface area contributed by atoms with Crippen molar-refractivity contribution >= 4 is 16.5 Å². The molecule has 1 aliphatic rings. The topological polar surface area (TPSA) is 37.0 Å². The lowest BCUT2D eigenvalue weighted by atomic mass is 10.1. The molecule has 0 spiro atoms. The van der Waals surface area contributed by atoms with Crippen LogP contribution in [0, 0.1) is 0 Å². The van der Waals surface area contributed by atoms with Crippen LogP contribution in [-0.4, -0.2) is 23.6 Å². The van der Waals surface area contributed by atoms with E-state index in [4.69, 9.17) is 0 Å². The molecule has 3 heteroatoms. The van der Waals surface area contributed by atoms with Gasteiger partial charge in [0.15, 0.2) is 0 Å². The smallest absolute Gasteiger partial charge is 0.0437 e. The third-order valence-corrected chi connectivity index (χ3v) is 3.89. The van der Waals surface area contributed by atoms with Gasteiger partial charge in [-0.2, -0.15) is 0 Å². The van der Waals surface area contributed by atoms with Crippen LogP contribution in [-0.2, 0) is 0 Å². The summed E-state index contributed by atoms with van der Waals surface area (Å²) < 4.78 is 0. The number of benzene rings is 1. The van der Waals surface area contributed by atoms with E-state index in [-0.39, 0.29) is 0 Å². The Morgan fingerprint density at radius 1 is 1.42 bits per heavy atom. The number of nitrogens with zero attached hydrogens (tertiary/aromatic N) is 1. The van der Waals surface area contributed by atoms with Crippen LogP contribution in [0.4, 0.5) is 5.69 Å². The van der Waals surface area contributed by atoms with Gasteiger partial charge in [0.2, 0.25) is 0 Å². The van der Waals surface area contributed by atoms with Crippen LogP contribution < -0.4 is 10.6 Å². The van der Waals surface area contributed by atoms with Crippen molar-refractivity contribution in [1.29, 1.82) is 0 Å². The number of aromatic nitrogens is 1. The zero-order valence-electron chi connectivity index (χ0n) is 11.4. The second-order valence-electron chi connectivity index (χ2n) is 5.48. The van der Waals surface area contributed by atoms with Crippen molar-refractivity contribution in [2.45, 2.75) is 38.3 Å². The van der Waals surface area contributed by atoms with E-state index in [1.54, 1.807) is 0 Å². The molecule has 2 N–H and O–H groups in total. The van der Waals surface area contributed by atoms with Crippen molar-refractivity contribution < 1.29 is 0 Å². The van der Waals surface area contributed by atoms with Crippen molar-refractivity contribution in [2.24, 2.45) is 0 Å². The summed E-state index contributed by atoms with van der Waals surface area (Å²) in [4.78, 5) is 4.23. The van der Waals surface area contributed by atoms with Crippen molar-refractivity contribution in [3.8, 4) is 0 Å². The molecule has 2 unspecified atom stereocenters. The zero-order chi connectivity index (χ0) is 13.1. The second-order valence-corrected chi connectivity index (χ2v) is 5.48. The highest BCUT2D eigenvalue weighted by Gasteiger charge is 2.17.